The van der Waals surface area contributed by atoms with Crippen molar-refractivity contribution in [2.75, 3.05) is 0 Å². The van der Waals surface area contributed by atoms with E-state index in [1.807, 2.05) is 0 Å². The van der Waals surface area contributed by atoms with Gasteiger partial charge in [-0.1, -0.05) is 80.1 Å². The number of aliphatic carboxylic acids is 2. The minimum Gasteiger partial charge on any atom is -0.550 e. The van der Waals surface area contributed by atoms with Crippen molar-refractivity contribution in [1.82, 2.24) is 0 Å². The van der Waals surface area contributed by atoms with Crippen LogP contribution in [-0.4, -0.2) is 11.9 Å². The number of carbonyl (C=O) groups is 2. The topological polar surface area (TPSA) is 80.3 Å². The van der Waals surface area contributed by atoms with Crippen molar-refractivity contribution in [1.29, 1.82) is 0 Å². The second-order valence-electron chi connectivity index (χ2n) is 9.69. The molecule has 0 fully saturated rings. The summed E-state index contributed by atoms with van der Waals surface area (Å²) < 4.78 is 0. The quantitative estimate of drug-likeness (QED) is 0.339. The largest absolute Gasteiger partial charge is 2.00 e. The van der Waals surface area contributed by atoms with E-state index in [0.717, 1.165) is 38.5 Å². The molecule has 0 spiro atoms. The summed E-state index contributed by atoms with van der Waals surface area (Å²) in [4.78, 5) is 20.2. The first-order chi connectivity index (χ1) is 11.8. The van der Waals surface area contributed by atoms with Gasteiger partial charge in [-0.3, -0.25) is 0 Å². The second kappa shape index (κ2) is 17.6. The van der Waals surface area contributed by atoms with Gasteiger partial charge in [0, 0.05) is 11.9 Å². The fraction of sp³-hybridized carbons (Fsp3) is 0.909. The molecule has 0 radical (unpaired) electrons. The summed E-state index contributed by atoms with van der Waals surface area (Å²) >= 11 is 0. The van der Waals surface area contributed by atoms with Crippen LogP contribution in [0.1, 0.15) is 119 Å². The summed E-state index contributed by atoms with van der Waals surface area (Å²) in [6, 6.07) is 0. The first-order valence-electron chi connectivity index (χ1n) is 10.2. The Morgan fingerprint density at radius 3 is 1.04 bits per heavy atom. The van der Waals surface area contributed by atoms with Crippen LogP contribution in [0, 0.1) is 10.8 Å². The predicted molar refractivity (Wildman–Crippen MR) is 104 cm³/mol. The number of carboxylic acids is 2. The first-order valence-corrected chi connectivity index (χ1v) is 10.2. The Kier molecular flexibility index (Phi) is 20.4. The van der Waals surface area contributed by atoms with E-state index in [4.69, 9.17) is 0 Å². The van der Waals surface area contributed by atoms with E-state index in [2.05, 4.69) is 41.5 Å². The van der Waals surface area contributed by atoms with E-state index in [-0.39, 0.29) is 32.3 Å². The summed E-state index contributed by atoms with van der Waals surface area (Å²) in [6.07, 6.45) is 11.1. The zero-order valence-corrected chi connectivity index (χ0v) is 21.8. The minimum atomic E-state index is -0.921. The maximum atomic E-state index is 10.1. The SMILES string of the molecule is CC(C)(C)CCCCCCC(=O)[O-].CC(C)(C)CCCCCCC(=O)[O-].[Zn+2]. The molecule has 27 heavy (non-hydrogen) atoms. The molecule has 156 valence electrons. The molecule has 0 unspecified atom stereocenters. The smallest absolute Gasteiger partial charge is 0.550 e. The monoisotopic (exact) mass is 434 g/mol. The van der Waals surface area contributed by atoms with E-state index in [0.29, 0.717) is 10.8 Å². The van der Waals surface area contributed by atoms with Crippen molar-refractivity contribution in [2.24, 2.45) is 10.8 Å². The Morgan fingerprint density at radius 1 is 0.556 bits per heavy atom. The summed E-state index contributed by atoms with van der Waals surface area (Å²) in [5.74, 6) is -1.84. The summed E-state index contributed by atoms with van der Waals surface area (Å²) in [5, 5.41) is 20.2. The van der Waals surface area contributed by atoms with Crippen LogP contribution in [-0.2, 0) is 29.1 Å². The van der Waals surface area contributed by atoms with E-state index >= 15 is 0 Å². The third kappa shape index (κ3) is 37.1. The van der Waals surface area contributed by atoms with Crippen molar-refractivity contribution in [3.63, 3.8) is 0 Å². The molecule has 0 rings (SSSR count). The Labute approximate surface area is 180 Å². The Bertz CT molecular complexity index is 331. The Hall–Kier alpha value is -0.437. The number of hydrogen-bond donors (Lipinski definition) is 0. The van der Waals surface area contributed by atoms with E-state index in [9.17, 15) is 19.8 Å². The molecule has 0 bridgehead atoms. The normalized spacial score (nSPS) is 11.2. The average molecular weight is 436 g/mol. The molecule has 0 atom stereocenters. The molecule has 0 aromatic heterocycles. The van der Waals surface area contributed by atoms with Gasteiger partial charge >= 0.3 is 19.5 Å². The molecular weight excluding hydrogens is 394 g/mol. The number of carboxylic acid groups (broad SMARTS) is 2. The van der Waals surface area contributed by atoms with Gasteiger partial charge < -0.3 is 19.8 Å². The maximum absolute atomic E-state index is 10.1. The Balaban J connectivity index is -0.000000411. The van der Waals surface area contributed by atoms with Crippen molar-refractivity contribution in [3.8, 4) is 0 Å². The van der Waals surface area contributed by atoms with Crippen molar-refractivity contribution in [2.45, 2.75) is 119 Å². The summed E-state index contributed by atoms with van der Waals surface area (Å²) in [7, 11) is 0. The minimum absolute atomic E-state index is 0. The van der Waals surface area contributed by atoms with Crippen LogP contribution in [0.15, 0.2) is 0 Å². The van der Waals surface area contributed by atoms with E-state index < -0.39 is 11.9 Å². The molecule has 0 saturated heterocycles. The van der Waals surface area contributed by atoms with Crippen LogP contribution in [0.2, 0.25) is 0 Å². The van der Waals surface area contributed by atoms with Gasteiger partial charge in [-0.05, 0) is 49.4 Å². The predicted octanol–water partition coefficient (Wildman–Crippen LogP) is 4.24. The van der Waals surface area contributed by atoms with Gasteiger partial charge in [0.05, 0.1) is 0 Å². The molecule has 5 heteroatoms. The third-order valence-corrected chi connectivity index (χ3v) is 4.12. The molecule has 0 saturated carbocycles. The number of hydrogen-bond acceptors (Lipinski definition) is 4. The average Bonchev–Trinajstić information content (AvgIpc) is 2.44. The van der Waals surface area contributed by atoms with E-state index in [1.54, 1.807) is 0 Å². The van der Waals surface area contributed by atoms with Crippen LogP contribution in [0.5, 0.6) is 0 Å². The van der Waals surface area contributed by atoms with Crippen LogP contribution in [0.3, 0.4) is 0 Å². The number of carbonyl (C=O) groups excluding carboxylic acids is 2. The number of unbranched alkanes of at least 4 members (excludes halogenated alkanes) is 6. The van der Waals surface area contributed by atoms with Gasteiger partial charge in [0.2, 0.25) is 0 Å². The van der Waals surface area contributed by atoms with Crippen molar-refractivity contribution >= 4 is 11.9 Å². The number of rotatable bonds is 12. The zero-order valence-electron chi connectivity index (χ0n) is 18.8. The molecule has 0 amide bonds. The molecule has 0 N–H and O–H groups in total. The molecule has 0 aliphatic heterocycles. The summed E-state index contributed by atoms with van der Waals surface area (Å²) in [5.41, 5.74) is 0.822. The Morgan fingerprint density at radius 2 is 0.815 bits per heavy atom. The van der Waals surface area contributed by atoms with Gasteiger partial charge in [-0.25, -0.2) is 0 Å². The van der Waals surface area contributed by atoms with Gasteiger partial charge in [-0.2, -0.15) is 0 Å². The molecule has 0 aliphatic carbocycles. The van der Waals surface area contributed by atoms with Gasteiger partial charge in [0.25, 0.3) is 0 Å². The molecule has 4 nitrogen and oxygen atoms in total. The molecular formula is C22H42O4Zn. The maximum Gasteiger partial charge on any atom is 2.00 e. The standard InChI is InChI=1S/2C11H22O2.Zn/c2*1-11(2,3)9-7-5-4-6-8-10(12)13;/h2*4-9H2,1-3H3,(H,12,13);/q;;+2/p-2. The van der Waals surface area contributed by atoms with Gasteiger partial charge in [-0.15, -0.1) is 0 Å². The van der Waals surface area contributed by atoms with Crippen LogP contribution in [0.25, 0.3) is 0 Å². The summed E-state index contributed by atoms with van der Waals surface area (Å²) in [6.45, 7) is 13.4. The molecule has 0 aliphatic rings. The van der Waals surface area contributed by atoms with Gasteiger partial charge in [0.15, 0.2) is 0 Å². The zero-order chi connectivity index (χ0) is 20.6. The fourth-order valence-electron chi connectivity index (χ4n) is 2.56. The molecule has 0 aromatic rings. The van der Waals surface area contributed by atoms with E-state index in [1.165, 1.54) is 25.7 Å². The second-order valence-corrected chi connectivity index (χ2v) is 9.69. The third-order valence-electron chi connectivity index (χ3n) is 4.12. The van der Waals surface area contributed by atoms with Crippen LogP contribution in [0.4, 0.5) is 0 Å². The van der Waals surface area contributed by atoms with Crippen LogP contribution >= 0.6 is 0 Å². The fourth-order valence-corrected chi connectivity index (χ4v) is 2.56. The van der Waals surface area contributed by atoms with Crippen molar-refractivity contribution < 1.29 is 39.3 Å². The first kappa shape index (κ1) is 31.3. The van der Waals surface area contributed by atoms with Crippen LogP contribution < -0.4 is 10.2 Å². The van der Waals surface area contributed by atoms with Gasteiger partial charge in [0.1, 0.15) is 0 Å². The van der Waals surface area contributed by atoms with Crippen molar-refractivity contribution in [3.05, 3.63) is 0 Å². The molecule has 0 aromatic carbocycles. The molecule has 0 heterocycles.